The zero-order valence-electron chi connectivity index (χ0n) is 32.7. The number of alkyl carbamates (subject to hydrolysis) is 1. The summed E-state index contributed by atoms with van der Waals surface area (Å²) in [5.74, 6) is -1.54. The van der Waals surface area contributed by atoms with Crippen molar-refractivity contribution in [2.24, 2.45) is 5.92 Å². The van der Waals surface area contributed by atoms with E-state index in [-0.39, 0.29) is 31.9 Å². The molecular weight excluding hydrogens is 747 g/mol. The van der Waals surface area contributed by atoms with Crippen LogP contribution < -0.4 is 20.1 Å². The standard InChI is InChI=1S/C43H53N5O8S/c1-3-5-17-35-40(50)48-27-31(24-37(48)39(49)46-43(26-30(43)4-2)41(51)47-57(53,54)32-19-20-32)56-38-25-36(29-15-11-9-12-16-29)44-34-21-18-28(23-33(34)38)14-10-7-6-8-13-22-55-42(52)45-35/h9-12,14-16,18,21,23,25,30-32,35,37H,3-8,13,17,19-20,22,24,26-27H2,1-2H3,(H,45,52)(H,46,49)(H,47,51)/b14-10+/t30-,31-,35+,37+,43-/m1/s1. The molecule has 2 aliphatic carbocycles. The van der Waals surface area contributed by atoms with E-state index in [1.165, 1.54) is 4.90 Å². The second kappa shape index (κ2) is 17.3. The van der Waals surface area contributed by atoms with Crippen molar-refractivity contribution < 1.29 is 37.1 Å². The number of pyridine rings is 1. The van der Waals surface area contributed by atoms with Crippen molar-refractivity contribution in [1.29, 1.82) is 0 Å². The van der Waals surface area contributed by atoms with Crippen LogP contribution in [0.1, 0.15) is 96.5 Å². The molecule has 3 fully saturated rings. The molecule has 2 aromatic carbocycles. The van der Waals surface area contributed by atoms with E-state index in [9.17, 15) is 27.6 Å². The average Bonchev–Trinajstić information content (AvgIpc) is 4.14. The normalized spacial score (nSPS) is 26.2. The maximum atomic E-state index is 14.6. The molecule has 0 unspecified atom stereocenters. The number of ether oxygens (including phenoxy) is 2. The molecule has 57 heavy (non-hydrogen) atoms. The molecule has 1 saturated heterocycles. The molecule has 0 radical (unpaired) electrons. The molecule has 13 nitrogen and oxygen atoms in total. The van der Waals surface area contributed by atoms with Crippen molar-refractivity contribution in [3.63, 3.8) is 0 Å². The van der Waals surface area contributed by atoms with E-state index in [4.69, 9.17) is 14.5 Å². The highest BCUT2D eigenvalue weighted by Crippen LogP contribution is 2.47. The van der Waals surface area contributed by atoms with Gasteiger partial charge in [-0.25, -0.2) is 18.2 Å². The lowest BCUT2D eigenvalue weighted by Crippen LogP contribution is -2.58. The van der Waals surface area contributed by atoms with E-state index in [0.717, 1.165) is 47.7 Å². The smallest absolute Gasteiger partial charge is 0.407 e. The number of amides is 4. The van der Waals surface area contributed by atoms with Crippen LogP contribution in [0.15, 0.2) is 60.7 Å². The van der Waals surface area contributed by atoms with Gasteiger partial charge in [-0.3, -0.25) is 19.1 Å². The maximum absolute atomic E-state index is 14.6. The van der Waals surface area contributed by atoms with Gasteiger partial charge < -0.3 is 25.0 Å². The first-order valence-corrected chi connectivity index (χ1v) is 22.0. The summed E-state index contributed by atoms with van der Waals surface area (Å²) in [5, 5.41) is 5.85. The van der Waals surface area contributed by atoms with E-state index in [1.807, 2.05) is 68.4 Å². The first-order valence-electron chi connectivity index (χ1n) is 20.5. The minimum atomic E-state index is -3.87. The van der Waals surface area contributed by atoms with Gasteiger partial charge in [-0.1, -0.05) is 81.7 Å². The highest BCUT2D eigenvalue weighted by atomic mass is 32.2. The van der Waals surface area contributed by atoms with E-state index in [0.29, 0.717) is 50.0 Å². The summed E-state index contributed by atoms with van der Waals surface area (Å²) >= 11 is 0. The number of benzene rings is 2. The molecular formula is C43H53N5O8S. The van der Waals surface area contributed by atoms with Crippen molar-refractivity contribution in [2.75, 3.05) is 13.2 Å². The van der Waals surface area contributed by atoms with Gasteiger partial charge in [-0.15, -0.1) is 0 Å². The Bertz CT molecular complexity index is 2120. The summed E-state index contributed by atoms with van der Waals surface area (Å²) in [5.41, 5.74) is 1.87. The molecule has 0 spiro atoms. The maximum Gasteiger partial charge on any atom is 0.407 e. The van der Waals surface area contributed by atoms with Crippen LogP contribution in [0, 0.1) is 5.92 Å². The number of sulfonamides is 1. The Kier molecular flexibility index (Phi) is 12.2. The van der Waals surface area contributed by atoms with Crippen molar-refractivity contribution in [3.8, 4) is 17.0 Å². The molecule has 14 heteroatoms. The lowest BCUT2D eigenvalue weighted by atomic mass is 10.1. The van der Waals surface area contributed by atoms with Crippen LogP contribution in [-0.2, 0) is 29.1 Å². The summed E-state index contributed by atoms with van der Waals surface area (Å²) < 4.78 is 40.1. The minimum absolute atomic E-state index is 0.0206. The summed E-state index contributed by atoms with van der Waals surface area (Å²) in [7, 11) is -3.87. The summed E-state index contributed by atoms with van der Waals surface area (Å²) in [6.07, 6.45) is 9.73. The number of carbonyl (C=O) groups excluding carboxylic acids is 4. The van der Waals surface area contributed by atoms with Gasteiger partial charge in [0, 0.05) is 23.4 Å². The third kappa shape index (κ3) is 9.27. The van der Waals surface area contributed by atoms with E-state index >= 15 is 0 Å². The Labute approximate surface area is 334 Å². The van der Waals surface area contributed by atoms with Crippen molar-refractivity contribution in [2.45, 2.75) is 120 Å². The number of carbonyl (C=O) groups is 4. The number of hydrogen-bond donors (Lipinski definition) is 3. The van der Waals surface area contributed by atoms with Crippen molar-refractivity contribution in [1.82, 2.24) is 25.2 Å². The monoisotopic (exact) mass is 799 g/mol. The zero-order valence-corrected chi connectivity index (χ0v) is 33.5. The Hall–Kier alpha value is -4.98. The number of nitrogens with zero attached hydrogens (tertiary/aromatic N) is 2. The molecule has 2 saturated carbocycles. The number of hydrogen-bond acceptors (Lipinski definition) is 9. The second-order valence-corrected chi connectivity index (χ2v) is 17.8. The van der Waals surface area contributed by atoms with Gasteiger partial charge in [0.15, 0.2) is 0 Å². The Morgan fingerprint density at radius 1 is 1.04 bits per heavy atom. The molecule has 3 heterocycles. The molecule has 4 aliphatic rings. The molecule has 1 aromatic heterocycles. The van der Waals surface area contributed by atoms with Gasteiger partial charge in [0.1, 0.15) is 29.5 Å². The number of nitrogens with one attached hydrogen (secondary N) is 3. The van der Waals surface area contributed by atoms with Gasteiger partial charge in [0.25, 0.3) is 5.91 Å². The molecule has 7 rings (SSSR count). The van der Waals surface area contributed by atoms with E-state index in [1.54, 1.807) is 0 Å². The largest absolute Gasteiger partial charge is 0.488 e. The number of cyclic esters (lactones) is 1. The lowest BCUT2D eigenvalue weighted by Gasteiger charge is -2.29. The average molecular weight is 800 g/mol. The van der Waals surface area contributed by atoms with E-state index < -0.39 is 62.8 Å². The van der Waals surface area contributed by atoms with Crippen LogP contribution >= 0.6 is 0 Å². The molecule has 2 aliphatic heterocycles. The number of fused-ring (bicyclic) bond motifs is 3. The van der Waals surface area contributed by atoms with Crippen molar-refractivity contribution in [3.05, 3.63) is 66.2 Å². The fourth-order valence-electron chi connectivity index (χ4n) is 8.00. The SMILES string of the molecule is CCCC[C@@H]1NC(=O)OCCCCC/C=C/c2ccc3nc(-c4ccccc4)cc(c3c2)O[C@@H]2C[C@@H](C(=O)N[C@]3(C(=O)NS(=O)(=O)C4CC4)C[C@H]3CC)N(C2)C1=O. The predicted molar refractivity (Wildman–Crippen MR) is 216 cm³/mol. The van der Waals surface area contributed by atoms with Crippen LogP contribution in [0.5, 0.6) is 5.75 Å². The first-order chi connectivity index (χ1) is 27.5. The third-order valence-electron chi connectivity index (χ3n) is 11.5. The Morgan fingerprint density at radius 3 is 2.58 bits per heavy atom. The number of rotatable bonds is 10. The van der Waals surface area contributed by atoms with Gasteiger partial charge in [0.05, 0.1) is 29.6 Å². The third-order valence-corrected chi connectivity index (χ3v) is 13.4. The summed E-state index contributed by atoms with van der Waals surface area (Å²) in [6.45, 7) is 4.10. The van der Waals surface area contributed by atoms with Crippen molar-refractivity contribution >= 4 is 50.8 Å². The molecule has 4 amide bonds. The Morgan fingerprint density at radius 2 is 1.84 bits per heavy atom. The van der Waals surface area contributed by atoms with Crippen LogP contribution in [0.2, 0.25) is 0 Å². The molecule has 3 N–H and O–H groups in total. The van der Waals surface area contributed by atoms with Crippen LogP contribution in [-0.4, -0.2) is 84.2 Å². The fourth-order valence-corrected chi connectivity index (χ4v) is 9.36. The molecule has 5 atom stereocenters. The zero-order chi connectivity index (χ0) is 40.2. The van der Waals surface area contributed by atoms with Gasteiger partial charge in [-0.05, 0) is 75.0 Å². The molecule has 304 valence electrons. The predicted octanol–water partition coefficient (Wildman–Crippen LogP) is 6.02. The number of allylic oxidation sites excluding steroid dienone is 1. The van der Waals surface area contributed by atoms with Crippen LogP contribution in [0.4, 0.5) is 4.79 Å². The minimum Gasteiger partial charge on any atom is -0.488 e. The van der Waals surface area contributed by atoms with Crippen LogP contribution in [0.3, 0.4) is 0 Å². The second-order valence-electron chi connectivity index (χ2n) is 15.8. The van der Waals surface area contributed by atoms with Gasteiger partial charge in [0.2, 0.25) is 21.8 Å². The fraction of sp³-hybridized carbons (Fsp3) is 0.512. The number of unbranched alkanes of at least 4 members (excludes halogenated alkanes) is 1. The summed E-state index contributed by atoms with van der Waals surface area (Å²) in [4.78, 5) is 62.1. The highest BCUT2D eigenvalue weighted by Gasteiger charge is 2.62. The topological polar surface area (TPSA) is 173 Å². The number of aromatic nitrogens is 1. The first kappa shape index (κ1) is 40.2. The van der Waals surface area contributed by atoms with E-state index in [2.05, 4.69) is 27.5 Å². The highest BCUT2D eigenvalue weighted by molar-refractivity contribution is 7.91. The lowest BCUT2D eigenvalue weighted by molar-refractivity contribution is -0.141. The van der Waals surface area contributed by atoms with Gasteiger partial charge >= 0.3 is 6.09 Å². The van der Waals surface area contributed by atoms with Gasteiger partial charge in [-0.2, -0.15) is 0 Å². The van der Waals surface area contributed by atoms with Crippen LogP contribution in [0.25, 0.3) is 28.2 Å². The summed E-state index contributed by atoms with van der Waals surface area (Å²) in [6, 6.07) is 15.6. The molecule has 4 bridgehead atoms. The molecule has 3 aromatic rings. The Balaban J connectivity index is 1.24. The quantitative estimate of drug-likeness (QED) is 0.222.